The maximum Gasteiger partial charge on any atom is 0.519 e. The highest BCUT2D eigenvalue weighted by Crippen LogP contribution is 2.35. The minimum absolute atomic E-state index is 0.352. The fraction of sp³-hybridized carbons (Fsp3) is 0.137. The number of carbonyl (C=O) groups excluding carboxylic acids is 2. The average Bonchev–Trinajstić information content (AvgIpc) is 3.22. The van der Waals surface area contributed by atoms with Crippen LogP contribution in [-0.4, -0.2) is 19.2 Å². The molecule has 8 heteroatoms. The number of carbonyl (C=O) groups is 2. The van der Waals surface area contributed by atoms with E-state index in [1.54, 1.807) is 37.4 Å². The Balaban J connectivity index is 0.922. The number of ether oxygens (including phenoxy) is 6. The quantitative estimate of drug-likeness (QED) is 0.0687. The molecule has 8 nitrogen and oxygen atoms in total. The zero-order valence-electron chi connectivity index (χ0n) is 33.8. The van der Waals surface area contributed by atoms with E-state index in [1.165, 1.54) is 6.92 Å². The molecule has 7 rings (SSSR count). The summed E-state index contributed by atoms with van der Waals surface area (Å²) in [5.41, 5.74) is 7.69. The molecule has 0 atom stereocenters. The second kappa shape index (κ2) is 17.4. The van der Waals surface area contributed by atoms with Crippen LogP contribution in [0, 0.1) is 13.8 Å². The Hall–Kier alpha value is -7.32. The fourth-order valence-electron chi connectivity index (χ4n) is 6.72. The molecular weight excluding hydrogens is 741 g/mol. The predicted octanol–water partition coefficient (Wildman–Crippen LogP) is 13.1. The summed E-state index contributed by atoms with van der Waals surface area (Å²) in [4.78, 5) is 24.1. The molecule has 59 heavy (non-hydrogen) atoms. The number of aryl methyl sites for hydroxylation is 2. The third-order valence-electron chi connectivity index (χ3n) is 10.0. The van der Waals surface area contributed by atoms with E-state index in [0.29, 0.717) is 34.5 Å². The SMILES string of the molecule is COc1ccc(-c2ccc(Oc3cccc(Oc4ccc(-c5ccc(OC(=O)Oc6ccc(C(C)(C)c7ccc(OC(C)=O)cc7)cc6)c(C)c5)cc4)c3)cc2)cc1C. The highest BCUT2D eigenvalue weighted by molar-refractivity contribution is 5.71. The summed E-state index contributed by atoms with van der Waals surface area (Å²) < 4.78 is 34.0. The summed E-state index contributed by atoms with van der Waals surface area (Å²) in [6, 6.07) is 49.8. The van der Waals surface area contributed by atoms with Gasteiger partial charge in [-0.2, -0.15) is 0 Å². The molecule has 296 valence electrons. The van der Waals surface area contributed by atoms with Crippen molar-refractivity contribution < 1.29 is 38.0 Å². The van der Waals surface area contributed by atoms with Crippen molar-refractivity contribution in [1.82, 2.24) is 0 Å². The summed E-state index contributed by atoms with van der Waals surface area (Å²) in [7, 11) is 1.68. The molecule has 7 aromatic rings. The summed E-state index contributed by atoms with van der Waals surface area (Å²) in [6.07, 6.45) is -0.831. The van der Waals surface area contributed by atoms with E-state index in [1.807, 2.05) is 135 Å². The Bertz CT molecular complexity index is 2570. The maximum absolute atomic E-state index is 12.8. The van der Waals surface area contributed by atoms with E-state index in [0.717, 1.165) is 56.0 Å². The number of hydrogen-bond donors (Lipinski definition) is 0. The van der Waals surface area contributed by atoms with Crippen molar-refractivity contribution in [3.05, 3.63) is 180 Å². The van der Waals surface area contributed by atoms with Crippen LogP contribution in [0.15, 0.2) is 158 Å². The topological polar surface area (TPSA) is 89.5 Å². The third kappa shape index (κ3) is 9.80. The maximum atomic E-state index is 12.8. The molecule has 0 N–H and O–H groups in total. The van der Waals surface area contributed by atoms with Crippen LogP contribution < -0.4 is 28.4 Å². The number of rotatable bonds is 12. The van der Waals surface area contributed by atoms with Gasteiger partial charge in [-0.05, 0) is 143 Å². The Labute approximate surface area is 344 Å². The van der Waals surface area contributed by atoms with Gasteiger partial charge in [0.15, 0.2) is 0 Å². The molecule has 0 saturated heterocycles. The lowest BCUT2D eigenvalue weighted by Gasteiger charge is -2.26. The van der Waals surface area contributed by atoms with Gasteiger partial charge in [0.2, 0.25) is 0 Å². The van der Waals surface area contributed by atoms with E-state index in [-0.39, 0.29) is 11.4 Å². The van der Waals surface area contributed by atoms with Gasteiger partial charge in [-0.3, -0.25) is 4.79 Å². The van der Waals surface area contributed by atoms with Crippen LogP contribution in [0.1, 0.15) is 43.0 Å². The summed E-state index contributed by atoms with van der Waals surface area (Å²) in [5, 5.41) is 0. The number of benzene rings is 7. The van der Waals surface area contributed by atoms with Crippen LogP contribution in [0.3, 0.4) is 0 Å². The Morgan fingerprint density at radius 3 is 1.31 bits per heavy atom. The molecule has 0 fully saturated rings. The Kier molecular flexibility index (Phi) is 11.8. The molecule has 0 unspecified atom stereocenters. The lowest BCUT2D eigenvalue weighted by Crippen LogP contribution is -2.19. The minimum Gasteiger partial charge on any atom is -0.496 e. The van der Waals surface area contributed by atoms with Gasteiger partial charge < -0.3 is 28.4 Å². The smallest absolute Gasteiger partial charge is 0.496 e. The molecule has 0 heterocycles. The van der Waals surface area contributed by atoms with Gasteiger partial charge in [0, 0.05) is 18.4 Å². The molecule has 0 bridgehead atoms. The van der Waals surface area contributed by atoms with E-state index >= 15 is 0 Å². The lowest BCUT2D eigenvalue weighted by atomic mass is 9.78. The van der Waals surface area contributed by atoms with Gasteiger partial charge in [-0.15, -0.1) is 0 Å². The first-order valence-electron chi connectivity index (χ1n) is 19.1. The number of hydrogen-bond acceptors (Lipinski definition) is 8. The lowest BCUT2D eigenvalue weighted by molar-refractivity contribution is -0.131. The normalized spacial score (nSPS) is 11.0. The molecule has 0 aliphatic heterocycles. The highest BCUT2D eigenvalue weighted by atomic mass is 16.7. The van der Waals surface area contributed by atoms with Crippen LogP contribution in [0.4, 0.5) is 4.79 Å². The highest BCUT2D eigenvalue weighted by Gasteiger charge is 2.24. The van der Waals surface area contributed by atoms with Crippen molar-refractivity contribution in [3.8, 4) is 68.2 Å². The van der Waals surface area contributed by atoms with Crippen molar-refractivity contribution in [2.45, 2.75) is 40.0 Å². The van der Waals surface area contributed by atoms with Crippen LogP contribution in [-0.2, 0) is 10.2 Å². The van der Waals surface area contributed by atoms with E-state index < -0.39 is 6.16 Å². The van der Waals surface area contributed by atoms with E-state index in [2.05, 4.69) is 19.9 Å². The first-order valence-corrected chi connectivity index (χ1v) is 19.1. The van der Waals surface area contributed by atoms with Gasteiger partial charge in [-0.25, -0.2) is 4.79 Å². The first-order chi connectivity index (χ1) is 28.4. The number of esters is 1. The molecule has 7 aromatic carbocycles. The molecule has 0 aliphatic carbocycles. The van der Waals surface area contributed by atoms with Crippen LogP contribution in [0.5, 0.6) is 46.0 Å². The van der Waals surface area contributed by atoms with Gasteiger partial charge in [0.1, 0.15) is 46.0 Å². The van der Waals surface area contributed by atoms with Crippen molar-refractivity contribution in [3.63, 3.8) is 0 Å². The van der Waals surface area contributed by atoms with E-state index in [4.69, 9.17) is 28.4 Å². The van der Waals surface area contributed by atoms with Crippen molar-refractivity contribution in [2.75, 3.05) is 7.11 Å². The molecule has 0 amide bonds. The number of methoxy groups -OCH3 is 1. The predicted molar refractivity (Wildman–Crippen MR) is 229 cm³/mol. The van der Waals surface area contributed by atoms with Crippen molar-refractivity contribution in [2.24, 2.45) is 0 Å². The molecule has 0 aliphatic rings. The summed E-state index contributed by atoms with van der Waals surface area (Å²) in [6.45, 7) is 9.47. The van der Waals surface area contributed by atoms with Gasteiger partial charge in [0.25, 0.3) is 0 Å². The Morgan fingerprint density at radius 1 is 0.441 bits per heavy atom. The monoisotopic (exact) mass is 784 g/mol. The van der Waals surface area contributed by atoms with E-state index in [9.17, 15) is 9.59 Å². The fourth-order valence-corrected chi connectivity index (χ4v) is 6.72. The molecule has 0 aromatic heterocycles. The van der Waals surface area contributed by atoms with Crippen LogP contribution >= 0.6 is 0 Å². The van der Waals surface area contributed by atoms with Gasteiger partial charge >= 0.3 is 12.1 Å². The Morgan fingerprint density at radius 2 is 0.864 bits per heavy atom. The van der Waals surface area contributed by atoms with Crippen LogP contribution in [0.2, 0.25) is 0 Å². The van der Waals surface area contributed by atoms with Gasteiger partial charge in [0.05, 0.1) is 7.11 Å². The summed E-state index contributed by atoms with van der Waals surface area (Å²) >= 11 is 0. The first kappa shape index (κ1) is 39.9. The average molecular weight is 785 g/mol. The molecule has 0 saturated carbocycles. The summed E-state index contributed by atoms with van der Waals surface area (Å²) in [5.74, 6) is 4.47. The van der Waals surface area contributed by atoms with Crippen molar-refractivity contribution in [1.29, 1.82) is 0 Å². The zero-order chi connectivity index (χ0) is 41.5. The third-order valence-corrected chi connectivity index (χ3v) is 10.0. The molecular formula is C51H44O8. The second-order valence-corrected chi connectivity index (χ2v) is 14.6. The molecule has 0 spiro atoms. The van der Waals surface area contributed by atoms with Crippen molar-refractivity contribution >= 4 is 12.1 Å². The van der Waals surface area contributed by atoms with Gasteiger partial charge in [-0.1, -0.05) is 80.6 Å². The standard InChI is InChI=1S/C51H44O8/c1-33-30-38(14-28-48(33)54-6)36-10-20-43(21-11-36)56-46-8-7-9-47(32-46)57-44-22-12-37(13-23-44)39-15-29-49(34(2)31-39)59-50(53)58-45-26-18-41(19-27-45)51(4,5)40-16-24-42(25-17-40)55-35(3)52/h7-32H,1-6H3. The largest absolute Gasteiger partial charge is 0.519 e. The minimum atomic E-state index is -0.831. The van der Waals surface area contributed by atoms with Crippen LogP contribution in [0.25, 0.3) is 22.3 Å². The molecule has 0 radical (unpaired) electrons. The zero-order valence-corrected chi connectivity index (χ0v) is 33.8. The second-order valence-electron chi connectivity index (χ2n) is 14.6.